The molecule has 1 amide bonds. The van der Waals surface area contributed by atoms with Crippen molar-refractivity contribution in [3.63, 3.8) is 0 Å². The van der Waals surface area contributed by atoms with Gasteiger partial charge in [0.1, 0.15) is 11.6 Å². The molecule has 0 radical (unpaired) electrons. The lowest BCUT2D eigenvalue weighted by Gasteiger charge is -2.26. The van der Waals surface area contributed by atoms with Crippen LogP contribution in [0.3, 0.4) is 0 Å². The van der Waals surface area contributed by atoms with Crippen molar-refractivity contribution in [3.05, 3.63) is 76.3 Å². The van der Waals surface area contributed by atoms with E-state index in [0.717, 1.165) is 0 Å². The number of nitrogens with one attached hydrogen (secondary N) is 1. The molecule has 2 aromatic carbocycles. The van der Waals surface area contributed by atoms with E-state index in [0.29, 0.717) is 16.1 Å². The van der Waals surface area contributed by atoms with E-state index in [1.807, 2.05) is 0 Å². The third-order valence-electron chi connectivity index (χ3n) is 3.72. The zero-order chi connectivity index (χ0) is 18.4. The topological polar surface area (TPSA) is 32.3 Å². The van der Waals surface area contributed by atoms with Gasteiger partial charge in [-0.05, 0) is 50.0 Å². The van der Waals surface area contributed by atoms with Gasteiger partial charge < -0.3 is 10.2 Å². The molecule has 1 unspecified atom stereocenters. The van der Waals surface area contributed by atoms with Crippen LogP contribution in [0.1, 0.15) is 17.2 Å². The molecular weight excluding hydrogens is 346 g/mol. The van der Waals surface area contributed by atoms with Crippen molar-refractivity contribution in [2.75, 3.05) is 20.6 Å². The molecule has 6 heteroatoms. The number of rotatable bonds is 6. The summed E-state index contributed by atoms with van der Waals surface area (Å²) in [5.41, 5.74) is 1.05. The maximum atomic E-state index is 14.1. The maximum absolute atomic E-state index is 14.1. The van der Waals surface area contributed by atoms with Crippen molar-refractivity contribution >= 4 is 23.6 Å². The molecule has 0 spiro atoms. The summed E-state index contributed by atoms with van der Waals surface area (Å²) in [6, 6.07) is 9.87. The summed E-state index contributed by atoms with van der Waals surface area (Å²) in [4.78, 5) is 13.8. The minimum absolute atomic E-state index is 0.195. The highest BCUT2D eigenvalue weighted by atomic mass is 35.5. The second-order valence-electron chi connectivity index (χ2n) is 5.74. The summed E-state index contributed by atoms with van der Waals surface area (Å²) in [7, 11) is 3.57. The molecule has 2 aromatic rings. The van der Waals surface area contributed by atoms with Gasteiger partial charge in [-0.3, -0.25) is 4.79 Å². The van der Waals surface area contributed by atoms with Crippen LogP contribution >= 0.6 is 11.6 Å². The Morgan fingerprint density at radius 1 is 1.20 bits per heavy atom. The van der Waals surface area contributed by atoms with Crippen molar-refractivity contribution in [1.29, 1.82) is 0 Å². The lowest BCUT2D eigenvalue weighted by atomic mass is 10.0. The van der Waals surface area contributed by atoms with Gasteiger partial charge in [-0.15, -0.1) is 0 Å². The number of halogens is 3. The molecule has 25 heavy (non-hydrogen) atoms. The van der Waals surface area contributed by atoms with Crippen molar-refractivity contribution in [3.8, 4) is 0 Å². The summed E-state index contributed by atoms with van der Waals surface area (Å²) < 4.78 is 27.0. The van der Waals surface area contributed by atoms with Gasteiger partial charge in [-0.2, -0.15) is 0 Å². The summed E-state index contributed by atoms with van der Waals surface area (Å²) in [5, 5.41) is 3.05. The largest absolute Gasteiger partial charge is 0.351 e. The Hall–Kier alpha value is -2.24. The molecule has 1 atom stereocenters. The number of carbonyl (C=O) groups excluding carboxylic acids is 1. The zero-order valence-electron chi connectivity index (χ0n) is 14.0. The highest BCUT2D eigenvalue weighted by molar-refractivity contribution is 6.31. The molecule has 132 valence electrons. The fourth-order valence-electron chi connectivity index (χ4n) is 2.37. The van der Waals surface area contributed by atoms with Crippen molar-refractivity contribution in [1.82, 2.24) is 10.2 Å². The standard InChI is InChI=1S/C19H19ClF2N2O/c1-24(2)17(19-15(20)4-3-5-16(19)22)12-23-18(25)11-8-13-6-9-14(21)10-7-13/h3-11,17H,12H2,1-2H3,(H,23,25)/b11-8+. The van der Waals surface area contributed by atoms with Crippen molar-refractivity contribution in [2.24, 2.45) is 0 Å². The van der Waals surface area contributed by atoms with Crippen LogP contribution in [-0.2, 0) is 4.79 Å². The highest BCUT2D eigenvalue weighted by Gasteiger charge is 2.21. The Labute approximate surface area is 150 Å². The van der Waals surface area contributed by atoms with Gasteiger partial charge in [0.15, 0.2) is 0 Å². The molecule has 0 bridgehead atoms. The average Bonchev–Trinajstić information content (AvgIpc) is 2.56. The van der Waals surface area contributed by atoms with E-state index in [1.54, 1.807) is 43.3 Å². The van der Waals surface area contributed by atoms with Crippen LogP contribution in [0.4, 0.5) is 8.78 Å². The smallest absolute Gasteiger partial charge is 0.244 e. The van der Waals surface area contributed by atoms with Gasteiger partial charge in [0.05, 0.1) is 6.04 Å². The minimum Gasteiger partial charge on any atom is -0.351 e. The van der Waals surface area contributed by atoms with Gasteiger partial charge in [0.2, 0.25) is 5.91 Å². The van der Waals surface area contributed by atoms with E-state index in [4.69, 9.17) is 11.6 Å². The van der Waals surface area contributed by atoms with Crippen LogP contribution in [-0.4, -0.2) is 31.4 Å². The lowest BCUT2D eigenvalue weighted by Crippen LogP contribution is -2.34. The Balaban J connectivity index is 2.03. The van der Waals surface area contributed by atoms with Crippen LogP contribution in [0, 0.1) is 11.6 Å². The van der Waals surface area contributed by atoms with Gasteiger partial charge >= 0.3 is 0 Å². The third kappa shape index (κ3) is 5.37. The first-order chi connectivity index (χ1) is 11.9. The molecule has 0 aliphatic rings. The van der Waals surface area contributed by atoms with Gasteiger partial charge in [0, 0.05) is 23.2 Å². The van der Waals surface area contributed by atoms with Gasteiger partial charge in [0.25, 0.3) is 0 Å². The normalized spacial score (nSPS) is 12.6. The van der Waals surface area contributed by atoms with E-state index in [-0.39, 0.29) is 18.3 Å². The Bertz CT molecular complexity index is 740. The molecule has 1 N–H and O–H groups in total. The maximum Gasteiger partial charge on any atom is 0.244 e. The zero-order valence-corrected chi connectivity index (χ0v) is 14.7. The number of carbonyl (C=O) groups is 1. The Kier molecular flexibility index (Phi) is 6.67. The number of benzene rings is 2. The first-order valence-electron chi connectivity index (χ1n) is 7.70. The molecule has 0 aromatic heterocycles. The number of likely N-dealkylation sites (N-methyl/N-ethyl adjacent to an activating group) is 1. The molecule has 0 aliphatic heterocycles. The lowest BCUT2D eigenvalue weighted by molar-refractivity contribution is -0.116. The Morgan fingerprint density at radius 2 is 1.88 bits per heavy atom. The summed E-state index contributed by atoms with van der Waals surface area (Å²) in [6.07, 6.45) is 2.93. The fourth-order valence-corrected chi connectivity index (χ4v) is 2.66. The van der Waals surface area contributed by atoms with Crippen LogP contribution in [0.5, 0.6) is 0 Å². The van der Waals surface area contributed by atoms with Crippen LogP contribution in [0.2, 0.25) is 5.02 Å². The molecule has 0 heterocycles. The van der Waals surface area contributed by atoms with Crippen LogP contribution in [0.15, 0.2) is 48.5 Å². The van der Waals surface area contributed by atoms with E-state index < -0.39 is 11.9 Å². The first kappa shape index (κ1) is 19.1. The van der Waals surface area contributed by atoms with Gasteiger partial charge in [-0.1, -0.05) is 29.8 Å². The number of amides is 1. The van der Waals surface area contributed by atoms with Crippen molar-refractivity contribution in [2.45, 2.75) is 6.04 Å². The Morgan fingerprint density at radius 3 is 2.48 bits per heavy atom. The van der Waals surface area contributed by atoms with E-state index >= 15 is 0 Å². The number of nitrogens with zero attached hydrogens (tertiary/aromatic N) is 1. The monoisotopic (exact) mass is 364 g/mol. The summed E-state index contributed by atoms with van der Waals surface area (Å²) >= 11 is 6.11. The molecule has 3 nitrogen and oxygen atoms in total. The minimum atomic E-state index is -0.415. The molecule has 2 rings (SSSR count). The van der Waals surface area contributed by atoms with E-state index in [2.05, 4.69) is 5.32 Å². The SMILES string of the molecule is CN(C)C(CNC(=O)/C=C/c1ccc(F)cc1)c1c(F)cccc1Cl. The van der Waals surface area contributed by atoms with Crippen LogP contribution in [0.25, 0.3) is 6.08 Å². The number of hydrogen-bond acceptors (Lipinski definition) is 2. The van der Waals surface area contributed by atoms with Gasteiger partial charge in [-0.25, -0.2) is 8.78 Å². The molecule has 0 saturated carbocycles. The highest BCUT2D eigenvalue weighted by Crippen LogP contribution is 2.28. The molecule has 0 fully saturated rings. The second-order valence-corrected chi connectivity index (χ2v) is 6.15. The van der Waals surface area contributed by atoms with E-state index in [9.17, 15) is 13.6 Å². The molecular formula is C19H19ClF2N2O. The fraction of sp³-hybridized carbons (Fsp3) is 0.211. The van der Waals surface area contributed by atoms with E-state index in [1.165, 1.54) is 30.3 Å². The summed E-state index contributed by atoms with van der Waals surface area (Å²) in [6.45, 7) is 0.195. The molecule has 0 saturated heterocycles. The average molecular weight is 365 g/mol. The second kappa shape index (κ2) is 8.74. The molecule has 0 aliphatic carbocycles. The quantitative estimate of drug-likeness (QED) is 0.784. The van der Waals surface area contributed by atoms with Crippen LogP contribution < -0.4 is 5.32 Å². The summed E-state index contributed by atoms with van der Waals surface area (Å²) in [5.74, 6) is -1.08. The van der Waals surface area contributed by atoms with Crippen molar-refractivity contribution < 1.29 is 13.6 Å². The first-order valence-corrected chi connectivity index (χ1v) is 8.08. The predicted octanol–water partition coefficient (Wildman–Crippen LogP) is 4.05. The predicted molar refractivity (Wildman–Crippen MR) is 96.3 cm³/mol. The third-order valence-corrected chi connectivity index (χ3v) is 4.05. The number of hydrogen-bond donors (Lipinski definition) is 1.